The van der Waals surface area contributed by atoms with Crippen molar-refractivity contribution in [3.63, 3.8) is 0 Å². The fourth-order valence-electron chi connectivity index (χ4n) is 3.30. The van der Waals surface area contributed by atoms with Crippen molar-refractivity contribution in [2.24, 2.45) is 11.7 Å². The highest BCUT2D eigenvalue weighted by Crippen LogP contribution is 2.31. The number of nitrogens with one attached hydrogen (secondary N) is 1. The number of hydrogen-bond acceptors (Lipinski definition) is 3. The van der Waals surface area contributed by atoms with Crippen LogP contribution in [-0.4, -0.2) is 30.4 Å². The highest BCUT2D eigenvalue weighted by Gasteiger charge is 2.37. The number of carbonyl (C=O) groups excluding carboxylic acids is 1. The van der Waals surface area contributed by atoms with Gasteiger partial charge in [0.15, 0.2) is 0 Å². The third-order valence-electron chi connectivity index (χ3n) is 4.63. The Labute approximate surface area is 162 Å². The van der Waals surface area contributed by atoms with Crippen LogP contribution in [0.15, 0.2) is 18.2 Å². The molecule has 1 amide bonds. The summed E-state index contributed by atoms with van der Waals surface area (Å²) in [5.41, 5.74) is 7.40. The maximum Gasteiger partial charge on any atom is 0.225 e. The maximum absolute atomic E-state index is 13.8. The molecule has 0 saturated heterocycles. The molecule has 3 N–H and O–H groups in total. The van der Waals surface area contributed by atoms with E-state index in [-0.39, 0.29) is 42.5 Å². The molecule has 0 heterocycles. The van der Waals surface area contributed by atoms with Crippen LogP contribution in [0.1, 0.15) is 43.7 Å². The molecule has 25 heavy (non-hydrogen) atoms. The zero-order chi connectivity index (χ0) is 17.0. The summed E-state index contributed by atoms with van der Waals surface area (Å²) in [4.78, 5) is 14.4. The Kier molecular flexibility index (Phi) is 9.95. The molecule has 0 aromatic heterocycles. The number of hydrogen-bond donors (Lipinski definition) is 2. The van der Waals surface area contributed by atoms with Crippen LogP contribution in [0.5, 0.6) is 0 Å². The lowest BCUT2D eigenvalue weighted by atomic mass is 9.74. The Morgan fingerprint density at radius 3 is 2.64 bits per heavy atom. The first-order chi connectivity index (χ1) is 10.8. The molecule has 2 rings (SSSR count). The molecule has 0 radical (unpaired) electrons. The molecule has 1 aliphatic carbocycles. The van der Waals surface area contributed by atoms with Gasteiger partial charge in [0.1, 0.15) is 5.82 Å². The largest absolute Gasteiger partial charge is 0.352 e. The summed E-state index contributed by atoms with van der Waals surface area (Å²) in [6, 6.07) is 5.00. The van der Waals surface area contributed by atoms with Crippen molar-refractivity contribution in [3.8, 4) is 0 Å². The van der Waals surface area contributed by atoms with Gasteiger partial charge in [0.05, 0.1) is 5.92 Å². The topological polar surface area (TPSA) is 58.4 Å². The fourth-order valence-corrected chi connectivity index (χ4v) is 3.30. The van der Waals surface area contributed by atoms with Gasteiger partial charge in [-0.15, -0.1) is 24.8 Å². The summed E-state index contributed by atoms with van der Waals surface area (Å²) in [7, 11) is 3.80. The highest BCUT2D eigenvalue weighted by molar-refractivity contribution is 5.85. The number of amides is 1. The number of benzene rings is 1. The van der Waals surface area contributed by atoms with Gasteiger partial charge in [-0.05, 0) is 51.6 Å². The predicted octanol–water partition coefficient (Wildman–Crippen LogP) is 3.25. The van der Waals surface area contributed by atoms with Gasteiger partial charge in [0.25, 0.3) is 0 Å². The third kappa shape index (κ3) is 6.74. The van der Waals surface area contributed by atoms with E-state index in [1.54, 1.807) is 6.07 Å². The number of carbonyl (C=O) groups is 1. The standard InChI is InChI=1S/C18H28FN3O.2ClH/c1-18(20)9-5-4-6-15(18)17(23)21-11-13-7-8-16(19)14(10-13)12-22(2)3;;/h7-8,10,15H,4-6,9,11-12,20H2,1-3H3,(H,21,23);2*1H. The molecule has 1 aromatic rings. The maximum atomic E-state index is 13.8. The van der Waals surface area contributed by atoms with Crippen molar-refractivity contribution in [2.45, 2.75) is 51.2 Å². The molecule has 1 fully saturated rings. The second-order valence-electron chi connectivity index (χ2n) is 7.19. The van der Waals surface area contributed by atoms with E-state index in [4.69, 9.17) is 5.73 Å². The Balaban J connectivity index is 0.00000288. The van der Waals surface area contributed by atoms with Crippen LogP contribution < -0.4 is 11.1 Å². The molecule has 0 aliphatic heterocycles. The molecular formula is C18H30Cl2FN3O. The summed E-state index contributed by atoms with van der Waals surface area (Å²) in [6.45, 7) is 2.91. The first kappa shape index (κ1) is 24.1. The molecule has 1 saturated carbocycles. The van der Waals surface area contributed by atoms with Crippen LogP contribution in [0.4, 0.5) is 4.39 Å². The first-order valence-corrected chi connectivity index (χ1v) is 8.28. The van der Waals surface area contributed by atoms with Crippen molar-refractivity contribution in [3.05, 3.63) is 35.1 Å². The van der Waals surface area contributed by atoms with Crippen LogP contribution in [0, 0.1) is 11.7 Å². The molecule has 2 atom stereocenters. The number of rotatable bonds is 5. The fraction of sp³-hybridized carbons (Fsp3) is 0.611. The lowest BCUT2D eigenvalue weighted by Crippen LogP contribution is -2.52. The smallest absolute Gasteiger partial charge is 0.225 e. The molecular weight excluding hydrogens is 364 g/mol. The zero-order valence-corrected chi connectivity index (χ0v) is 16.8. The van der Waals surface area contributed by atoms with Gasteiger partial charge in [0, 0.05) is 24.2 Å². The molecule has 1 aromatic carbocycles. The highest BCUT2D eigenvalue weighted by atomic mass is 35.5. The quantitative estimate of drug-likeness (QED) is 0.806. The van der Waals surface area contributed by atoms with Gasteiger partial charge in [-0.2, -0.15) is 0 Å². The number of nitrogens with zero attached hydrogens (tertiary/aromatic N) is 1. The molecule has 144 valence electrons. The zero-order valence-electron chi connectivity index (χ0n) is 15.2. The van der Waals surface area contributed by atoms with E-state index in [0.717, 1.165) is 31.2 Å². The number of halogens is 3. The summed E-state index contributed by atoms with van der Waals surface area (Å²) in [5.74, 6) is -0.346. The van der Waals surface area contributed by atoms with Crippen LogP contribution in [0.3, 0.4) is 0 Å². The van der Waals surface area contributed by atoms with Crippen LogP contribution >= 0.6 is 24.8 Å². The van der Waals surface area contributed by atoms with Crippen LogP contribution in [-0.2, 0) is 17.9 Å². The molecule has 2 unspecified atom stereocenters. The van der Waals surface area contributed by atoms with Crippen LogP contribution in [0.2, 0.25) is 0 Å². The van der Waals surface area contributed by atoms with E-state index in [1.165, 1.54) is 6.07 Å². The molecule has 4 nitrogen and oxygen atoms in total. The normalized spacial score (nSPS) is 22.7. The second kappa shape index (κ2) is 10.3. The summed E-state index contributed by atoms with van der Waals surface area (Å²) >= 11 is 0. The molecule has 1 aliphatic rings. The molecule has 0 bridgehead atoms. The van der Waals surface area contributed by atoms with Crippen molar-refractivity contribution in [1.82, 2.24) is 10.2 Å². The van der Waals surface area contributed by atoms with Crippen molar-refractivity contribution in [2.75, 3.05) is 14.1 Å². The van der Waals surface area contributed by atoms with E-state index in [0.29, 0.717) is 18.7 Å². The van der Waals surface area contributed by atoms with Gasteiger partial charge in [0.2, 0.25) is 5.91 Å². The first-order valence-electron chi connectivity index (χ1n) is 8.28. The predicted molar refractivity (Wildman–Crippen MR) is 105 cm³/mol. The van der Waals surface area contributed by atoms with Gasteiger partial charge in [-0.1, -0.05) is 18.9 Å². The number of nitrogens with two attached hydrogens (primary N) is 1. The van der Waals surface area contributed by atoms with Gasteiger partial charge in [-0.25, -0.2) is 4.39 Å². The Morgan fingerprint density at radius 2 is 2.04 bits per heavy atom. The van der Waals surface area contributed by atoms with Gasteiger partial charge < -0.3 is 16.0 Å². The van der Waals surface area contributed by atoms with E-state index < -0.39 is 5.54 Å². The second-order valence-corrected chi connectivity index (χ2v) is 7.19. The SMILES string of the molecule is CN(C)Cc1cc(CNC(=O)C2CCCCC2(C)N)ccc1F.Cl.Cl. The van der Waals surface area contributed by atoms with E-state index in [1.807, 2.05) is 32.0 Å². The minimum atomic E-state index is -0.429. The van der Waals surface area contributed by atoms with Gasteiger partial charge >= 0.3 is 0 Å². The Hall–Kier alpha value is -0.880. The summed E-state index contributed by atoms with van der Waals surface area (Å²) in [5, 5.41) is 2.97. The van der Waals surface area contributed by atoms with Crippen molar-refractivity contribution >= 4 is 30.7 Å². The summed E-state index contributed by atoms with van der Waals surface area (Å²) < 4.78 is 13.8. The Bertz CT molecular complexity index is 567. The summed E-state index contributed by atoms with van der Waals surface area (Å²) in [6.07, 6.45) is 3.86. The monoisotopic (exact) mass is 393 g/mol. The van der Waals surface area contributed by atoms with E-state index in [9.17, 15) is 9.18 Å². The minimum Gasteiger partial charge on any atom is -0.352 e. The average molecular weight is 394 g/mol. The van der Waals surface area contributed by atoms with Crippen LogP contribution in [0.25, 0.3) is 0 Å². The average Bonchev–Trinajstić information content (AvgIpc) is 2.46. The van der Waals surface area contributed by atoms with Crippen molar-refractivity contribution in [1.29, 1.82) is 0 Å². The Morgan fingerprint density at radius 1 is 1.36 bits per heavy atom. The molecule has 0 spiro atoms. The molecule has 7 heteroatoms. The van der Waals surface area contributed by atoms with Crippen molar-refractivity contribution < 1.29 is 9.18 Å². The lowest BCUT2D eigenvalue weighted by molar-refractivity contribution is -0.128. The minimum absolute atomic E-state index is 0. The van der Waals surface area contributed by atoms with E-state index in [2.05, 4.69) is 5.32 Å². The van der Waals surface area contributed by atoms with Gasteiger partial charge in [-0.3, -0.25) is 4.79 Å². The van der Waals surface area contributed by atoms with E-state index >= 15 is 0 Å². The lowest BCUT2D eigenvalue weighted by Gasteiger charge is -2.37. The third-order valence-corrected chi connectivity index (χ3v) is 4.63.